The summed E-state index contributed by atoms with van der Waals surface area (Å²) in [4.78, 5) is 2.34. The third-order valence-corrected chi connectivity index (χ3v) is 2.98. The smallest absolute Gasteiger partial charge is 0.123 e. The first-order valence-electron chi connectivity index (χ1n) is 5.42. The van der Waals surface area contributed by atoms with Gasteiger partial charge in [-0.25, -0.2) is 0 Å². The van der Waals surface area contributed by atoms with E-state index in [0.29, 0.717) is 0 Å². The number of hydrogen-bond acceptors (Lipinski definition) is 3. The minimum absolute atomic E-state index is 0. The fourth-order valence-corrected chi connectivity index (χ4v) is 2.07. The van der Waals surface area contributed by atoms with E-state index in [1.54, 1.807) is 7.11 Å². The van der Waals surface area contributed by atoms with Gasteiger partial charge in [0.25, 0.3) is 0 Å². The van der Waals surface area contributed by atoms with Gasteiger partial charge in [0.2, 0.25) is 0 Å². The van der Waals surface area contributed by atoms with E-state index in [-0.39, 0.29) is 12.4 Å². The van der Waals surface area contributed by atoms with Crippen LogP contribution in [0.3, 0.4) is 0 Å². The number of halogens is 2. The van der Waals surface area contributed by atoms with Gasteiger partial charge in [0, 0.05) is 30.2 Å². The predicted molar refractivity (Wildman–Crippen MR) is 64.1 cm³/mol. The minimum Gasteiger partial charge on any atom is -1.00 e. The number of nitrogens with zero attached hydrogens (tertiary/aromatic N) is 1. The number of morpholine rings is 1. The molecule has 0 spiro atoms. The van der Waals surface area contributed by atoms with E-state index in [9.17, 15) is 0 Å². The van der Waals surface area contributed by atoms with E-state index < -0.39 is 0 Å². The highest BCUT2D eigenvalue weighted by molar-refractivity contribution is 6.30. The number of hydrogen-bond donors (Lipinski definition) is 0. The van der Waals surface area contributed by atoms with Gasteiger partial charge in [-0.3, -0.25) is 4.90 Å². The second-order valence-corrected chi connectivity index (χ2v) is 4.28. The molecule has 2 rings (SSSR count). The van der Waals surface area contributed by atoms with E-state index in [0.717, 1.165) is 49.2 Å². The van der Waals surface area contributed by atoms with E-state index in [1.165, 1.54) is 0 Å². The van der Waals surface area contributed by atoms with Crippen LogP contribution >= 0.6 is 11.6 Å². The van der Waals surface area contributed by atoms with Crippen LogP contribution in [0.25, 0.3) is 0 Å². The topological polar surface area (TPSA) is 21.7 Å². The summed E-state index contributed by atoms with van der Waals surface area (Å²) in [7, 11) is 1.69. The standard InChI is InChI=1S/C12H16ClNO2.ClH/c1-15-12-3-2-11(13)8-10(12)9-14-4-6-16-7-5-14;/h2-3,8H,4-7,9H2,1H3;1H/p-1. The molecule has 3 nitrogen and oxygen atoms in total. The Morgan fingerprint density at radius 1 is 1.35 bits per heavy atom. The van der Waals surface area contributed by atoms with Crippen LogP contribution in [0.5, 0.6) is 5.75 Å². The van der Waals surface area contributed by atoms with E-state index in [4.69, 9.17) is 21.1 Å². The first-order chi connectivity index (χ1) is 7.79. The SMILES string of the molecule is COc1ccc(Cl)cc1CN1CCOCC1.[Cl-]. The van der Waals surface area contributed by atoms with Gasteiger partial charge in [0.1, 0.15) is 5.75 Å². The van der Waals surface area contributed by atoms with E-state index >= 15 is 0 Å². The van der Waals surface area contributed by atoms with Crippen molar-refractivity contribution in [3.05, 3.63) is 28.8 Å². The van der Waals surface area contributed by atoms with Crippen LogP contribution < -0.4 is 17.1 Å². The van der Waals surface area contributed by atoms with E-state index in [2.05, 4.69) is 4.90 Å². The summed E-state index contributed by atoms with van der Waals surface area (Å²) in [5, 5.41) is 0.754. The van der Waals surface area contributed by atoms with Crippen molar-refractivity contribution < 1.29 is 21.9 Å². The molecule has 0 amide bonds. The lowest BCUT2D eigenvalue weighted by Gasteiger charge is -2.27. The Labute approximate surface area is 113 Å². The molecule has 1 heterocycles. The molecule has 0 unspecified atom stereocenters. The van der Waals surface area contributed by atoms with Crippen LogP contribution in [0.4, 0.5) is 0 Å². The fourth-order valence-electron chi connectivity index (χ4n) is 1.87. The fraction of sp³-hybridized carbons (Fsp3) is 0.500. The largest absolute Gasteiger partial charge is 1.00 e. The zero-order chi connectivity index (χ0) is 11.4. The maximum atomic E-state index is 5.99. The van der Waals surface area contributed by atoms with Gasteiger partial charge >= 0.3 is 0 Å². The molecule has 0 aliphatic carbocycles. The normalized spacial score (nSPS) is 16.4. The monoisotopic (exact) mass is 276 g/mol. The molecule has 96 valence electrons. The molecule has 1 saturated heterocycles. The Balaban J connectivity index is 0.00000144. The maximum Gasteiger partial charge on any atom is 0.123 e. The Hall–Kier alpha value is -0.480. The van der Waals surface area contributed by atoms with Crippen LogP contribution in [0.15, 0.2) is 18.2 Å². The highest BCUT2D eigenvalue weighted by Gasteiger charge is 2.13. The van der Waals surface area contributed by atoms with Gasteiger partial charge in [-0.15, -0.1) is 0 Å². The molecular formula is C12H16Cl2NO2-. The first-order valence-corrected chi connectivity index (χ1v) is 5.80. The van der Waals surface area contributed by atoms with Gasteiger partial charge in [-0.2, -0.15) is 0 Å². The average Bonchev–Trinajstić information content (AvgIpc) is 2.31. The molecule has 5 heteroatoms. The van der Waals surface area contributed by atoms with Gasteiger partial charge in [-0.05, 0) is 18.2 Å². The van der Waals surface area contributed by atoms with Crippen molar-refractivity contribution in [2.24, 2.45) is 0 Å². The highest BCUT2D eigenvalue weighted by Crippen LogP contribution is 2.24. The van der Waals surface area contributed by atoms with Gasteiger partial charge in [0.15, 0.2) is 0 Å². The van der Waals surface area contributed by atoms with Crippen molar-refractivity contribution in [2.75, 3.05) is 33.4 Å². The first kappa shape index (κ1) is 14.6. The molecule has 0 aromatic heterocycles. The Morgan fingerprint density at radius 2 is 2.06 bits per heavy atom. The number of rotatable bonds is 3. The molecule has 0 atom stereocenters. The molecule has 1 aliphatic rings. The van der Waals surface area contributed by atoms with Gasteiger partial charge in [0.05, 0.1) is 20.3 Å². The summed E-state index contributed by atoms with van der Waals surface area (Å²) < 4.78 is 10.6. The molecule has 1 aromatic rings. The summed E-state index contributed by atoms with van der Waals surface area (Å²) in [6.07, 6.45) is 0. The minimum atomic E-state index is 0. The Morgan fingerprint density at radius 3 is 2.71 bits per heavy atom. The molecule has 0 saturated carbocycles. The lowest BCUT2D eigenvalue weighted by Crippen LogP contribution is -3.00. The summed E-state index contributed by atoms with van der Waals surface area (Å²) in [5.74, 6) is 0.899. The number of ether oxygens (including phenoxy) is 2. The third-order valence-electron chi connectivity index (χ3n) is 2.74. The summed E-state index contributed by atoms with van der Waals surface area (Å²) >= 11 is 5.99. The van der Waals surface area contributed by atoms with Crippen LogP contribution in [-0.2, 0) is 11.3 Å². The van der Waals surface area contributed by atoms with Crippen molar-refractivity contribution in [1.82, 2.24) is 4.90 Å². The second-order valence-electron chi connectivity index (χ2n) is 3.84. The predicted octanol–water partition coefficient (Wildman–Crippen LogP) is -0.815. The van der Waals surface area contributed by atoms with Crippen LogP contribution in [-0.4, -0.2) is 38.3 Å². The number of benzene rings is 1. The van der Waals surface area contributed by atoms with Crippen molar-refractivity contribution in [2.45, 2.75) is 6.54 Å². The van der Waals surface area contributed by atoms with Crippen molar-refractivity contribution >= 4 is 11.6 Å². The van der Waals surface area contributed by atoms with E-state index in [1.807, 2.05) is 18.2 Å². The van der Waals surface area contributed by atoms with Crippen molar-refractivity contribution in [3.8, 4) is 5.75 Å². The average molecular weight is 277 g/mol. The Bertz CT molecular complexity index is 354. The summed E-state index contributed by atoms with van der Waals surface area (Å²) in [6, 6.07) is 5.73. The van der Waals surface area contributed by atoms with Gasteiger partial charge in [-0.1, -0.05) is 11.6 Å². The van der Waals surface area contributed by atoms with Crippen molar-refractivity contribution in [1.29, 1.82) is 0 Å². The molecule has 17 heavy (non-hydrogen) atoms. The summed E-state index contributed by atoms with van der Waals surface area (Å²) in [6.45, 7) is 4.42. The zero-order valence-corrected chi connectivity index (χ0v) is 11.3. The van der Waals surface area contributed by atoms with Crippen LogP contribution in [0.1, 0.15) is 5.56 Å². The molecule has 0 N–H and O–H groups in total. The molecule has 0 bridgehead atoms. The maximum absolute atomic E-state index is 5.99. The molecule has 1 aromatic carbocycles. The van der Waals surface area contributed by atoms with Crippen LogP contribution in [0, 0.1) is 0 Å². The quantitative estimate of drug-likeness (QED) is 0.721. The lowest BCUT2D eigenvalue weighted by molar-refractivity contribution is -0.00000541. The molecule has 1 aliphatic heterocycles. The molecule has 1 fully saturated rings. The highest BCUT2D eigenvalue weighted by atomic mass is 35.5. The third kappa shape index (κ3) is 4.03. The lowest BCUT2D eigenvalue weighted by atomic mass is 10.2. The Kier molecular flexibility index (Phi) is 6.06. The zero-order valence-electron chi connectivity index (χ0n) is 9.79. The molecular weight excluding hydrogens is 261 g/mol. The summed E-state index contributed by atoms with van der Waals surface area (Å²) in [5.41, 5.74) is 1.14. The van der Waals surface area contributed by atoms with Gasteiger partial charge < -0.3 is 21.9 Å². The number of methoxy groups -OCH3 is 1. The van der Waals surface area contributed by atoms with Crippen LogP contribution in [0.2, 0.25) is 5.02 Å². The van der Waals surface area contributed by atoms with Crippen molar-refractivity contribution in [3.63, 3.8) is 0 Å². The molecule has 0 radical (unpaired) electrons. The second kappa shape index (κ2) is 7.07.